The van der Waals surface area contributed by atoms with Crippen LogP contribution in [0.1, 0.15) is 5.56 Å². The van der Waals surface area contributed by atoms with Crippen molar-refractivity contribution in [3.8, 4) is 11.1 Å². The summed E-state index contributed by atoms with van der Waals surface area (Å²) in [5.74, 6) is -2.32. The zero-order valence-corrected chi connectivity index (χ0v) is 8.88. The highest BCUT2D eigenvalue weighted by Gasteiger charge is 2.11. The van der Waals surface area contributed by atoms with Gasteiger partial charge in [-0.05, 0) is 23.8 Å². The van der Waals surface area contributed by atoms with E-state index in [1.807, 2.05) is 0 Å². The van der Waals surface area contributed by atoms with Crippen molar-refractivity contribution in [2.24, 2.45) is 5.73 Å². The summed E-state index contributed by atoms with van der Waals surface area (Å²) >= 11 is 0. The van der Waals surface area contributed by atoms with Crippen LogP contribution in [0.25, 0.3) is 11.1 Å². The molecule has 0 aromatic heterocycles. The highest BCUT2D eigenvalue weighted by atomic mass is 19.2. The van der Waals surface area contributed by atoms with Crippen LogP contribution in [-0.4, -0.2) is 0 Å². The largest absolute Gasteiger partial charge is 0.326 e. The van der Waals surface area contributed by atoms with E-state index in [1.165, 1.54) is 30.3 Å². The number of hydrogen-bond donors (Lipinski definition) is 1. The van der Waals surface area contributed by atoms with Crippen molar-refractivity contribution in [2.75, 3.05) is 0 Å². The topological polar surface area (TPSA) is 26.0 Å². The Hall–Kier alpha value is -1.81. The third-order valence-corrected chi connectivity index (χ3v) is 2.53. The molecule has 0 aliphatic heterocycles. The van der Waals surface area contributed by atoms with E-state index in [1.54, 1.807) is 0 Å². The Balaban J connectivity index is 2.57. The zero-order chi connectivity index (χ0) is 12.4. The van der Waals surface area contributed by atoms with Crippen molar-refractivity contribution in [3.05, 3.63) is 59.4 Å². The average Bonchev–Trinajstić information content (AvgIpc) is 2.34. The minimum absolute atomic E-state index is 0.0105. The van der Waals surface area contributed by atoms with Gasteiger partial charge in [-0.1, -0.05) is 18.2 Å². The molecule has 88 valence electrons. The summed E-state index contributed by atoms with van der Waals surface area (Å²) < 4.78 is 39.8. The zero-order valence-electron chi connectivity index (χ0n) is 8.88. The second-order valence-electron chi connectivity index (χ2n) is 3.61. The predicted molar refractivity (Wildman–Crippen MR) is 59.6 cm³/mol. The highest BCUT2D eigenvalue weighted by molar-refractivity contribution is 5.65. The van der Waals surface area contributed by atoms with Crippen LogP contribution in [0.5, 0.6) is 0 Å². The van der Waals surface area contributed by atoms with Crippen LogP contribution in [-0.2, 0) is 6.54 Å². The van der Waals surface area contributed by atoms with E-state index in [4.69, 9.17) is 5.73 Å². The van der Waals surface area contributed by atoms with Crippen molar-refractivity contribution in [1.82, 2.24) is 0 Å². The molecule has 0 amide bonds. The molecule has 2 aromatic rings. The van der Waals surface area contributed by atoms with Gasteiger partial charge in [0.25, 0.3) is 0 Å². The SMILES string of the molecule is NCc1cc(-c2cccc(F)c2F)ccc1F. The number of nitrogens with two attached hydrogens (primary N) is 1. The fourth-order valence-corrected chi connectivity index (χ4v) is 1.63. The Morgan fingerprint density at radius 3 is 2.41 bits per heavy atom. The molecule has 17 heavy (non-hydrogen) atoms. The third-order valence-electron chi connectivity index (χ3n) is 2.53. The summed E-state index contributed by atoms with van der Waals surface area (Å²) in [6.07, 6.45) is 0. The van der Waals surface area contributed by atoms with E-state index in [2.05, 4.69) is 0 Å². The highest BCUT2D eigenvalue weighted by Crippen LogP contribution is 2.26. The Morgan fingerprint density at radius 1 is 0.941 bits per heavy atom. The molecular formula is C13H10F3N. The molecule has 0 radical (unpaired) electrons. The molecule has 2 rings (SSSR count). The van der Waals surface area contributed by atoms with Crippen LogP contribution >= 0.6 is 0 Å². The fraction of sp³-hybridized carbons (Fsp3) is 0.0769. The van der Waals surface area contributed by atoms with E-state index in [0.29, 0.717) is 5.56 Å². The molecule has 1 nitrogen and oxygen atoms in total. The molecule has 4 heteroatoms. The van der Waals surface area contributed by atoms with Gasteiger partial charge in [0, 0.05) is 17.7 Å². The second kappa shape index (κ2) is 4.59. The molecule has 0 saturated heterocycles. The first-order valence-electron chi connectivity index (χ1n) is 5.06. The van der Waals surface area contributed by atoms with E-state index in [0.717, 1.165) is 6.07 Å². The lowest BCUT2D eigenvalue weighted by Gasteiger charge is -2.07. The first kappa shape index (κ1) is 11.7. The summed E-state index contributed by atoms with van der Waals surface area (Å²) in [5.41, 5.74) is 6.13. The second-order valence-corrected chi connectivity index (χ2v) is 3.61. The molecule has 0 aliphatic rings. The Morgan fingerprint density at radius 2 is 1.71 bits per heavy atom. The smallest absolute Gasteiger partial charge is 0.166 e. The van der Waals surface area contributed by atoms with Gasteiger partial charge < -0.3 is 5.73 Å². The summed E-state index contributed by atoms with van der Waals surface area (Å²) in [7, 11) is 0. The van der Waals surface area contributed by atoms with Crippen LogP contribution in [0.4, 0.5) is 13.2 Å². The maximum Gasteiger partial charge on any atom is 0.166 e. The van der Waals surface area contributed by atoms with Gasteiger partial charge in [0.05, 0.1) is 0 Å². The molecule has 2 N–H and O–H groups in total. The number of halogens is 3. The van der Waals surface area contributed by atoms with Gasteiger partial charge in [0.2, 0.25) is 0 Å². The first-order valence-corrected chi connectivity index (χ1v) is 5.06. The minimum Gasteiger partial charge on any atom is -0.326 e. The predicted octanol–water partition coefficient (Wildman–Crippen LogP) is 3.23. The summed E-state index contributed by atoms with van der Waals surface area (Å²) in [4.78, 5) is 0. The lowest BCUT2D eigenvalue weighted by molar-refractivity contribution is 0.511. The van der Waals surface area contributed by atoms with E-state index in [-0.39, 0.29) is 17.7 Å². The van der Waals surface area contributed by atoms with Crippen molar-refractivity contribution in [2.45, 2.75) is 6.54 Å². The Bertz CT molecular complexity index is 552. The summed E-state index contributed by atoms with van der Waals surface area (Å²) in [6.45, 7) is 0.0105. The van der Waals surface area contributed by atoms with Crippen molar-refractivity contribution in [1.29, 1.82) is 0 Å². The third kappa shape index (κ3) is 2.17. The molecule has 0 bridgehead atoms. The molecule has 0 spiro atoms. The summed E-state index contributed by atoms with van der Waals surface area (Å²) in [6, 6.07) is 7.89. The standard InChI is InChI=1S/C13H10F3N/c14-11-5-4-8(6-9(11)7-17)10-2-1-3-12(15)13(10)16/h1-6H,7,17H2. The monoisotopic (exact) mass is 237 g/mol. The molecule has 0 saturated carbocycles. The van der Waals surface area contributed by atoms with Crippen LogP contribution in [0.2, 0.25) is 0 Å². The van der Waals surface area contributed by atoms with Crippen LogP contribution in [0.3, 0.4) is 0 Å². The van der Waals surface area contributed by atoms with Crippen molar-refractivity contribution in [3.63, 3.8) is 0 Å². The minimum atomic E-state index is -0.943. The van der Waals surface area contributed by atoms with Gasteiger partial charge in [-0.25, -0.2) is 13.2 Å². The lowest BCUT2D eigenvalue weighted by atomic mass is 10.0. The van der Waals surface area contributed by atoms with Crippen LogP contribution in [0.15, 0.2) is 36.4 Å². The van der Waals surface area contributed by atoms with E-state index < -0.39 is 17.5 Å². The van der Waals surface area contributed by atoms with Crippen molar-refractivity contribution >= 4 is 0 Å². The molecule has 0 aliphatic carbocycles. The van der Waals surface area contributed by atoms with Crippen LogP contribution < -0.4 is 5.73 Å². The Kier molecular flexibility index (Phi) is 3.15. The molecule has 0 atom stereocenters. The molecule has 0 heterocycles. The van der Waals surface area contributed by atoms with Crippen LogP contribution in [0, 0.1) is 17.5 Å². The van der Waals surface area contributed by atoms with Gasteiger partial charge >= 0.3 is 0 Å². The molecule has 2 aromatic carbocycles. The number of rotatable bonds is 2. The van der Waals surface area contributed by atoms with E-state index >= 15 is 0 Å². The number of hydrogen-bond acceptors (Lipinski definition) is 1. The maximum atomic E-state index is 13.5. The van der Waals surface area contributed by atoms with Gasteiger partial charge in [-0.2, -0.15) is 0 Å². The lowest BCUT2D eigenvalue weighted by Crippen LogP contribution is -2.00. The first-order chi connectivity index (χ1) is 8.13. The summed E-state index contributed by atoms with van der Waals surface area (Å²) in [5, 5.41) is 0. The van der Waals surface area contributed by atoms with Gasteiger partial charge in [0.15, 0.2) is 11.6 Å². The number of benzene rings is 2. The quantitative estimate of drug-likeness (QED) is 0.852. The average molecular weight is 237 g/mol. The van der Waals surface area contributed by atoms with Gasteiger partial charge in [0.1, 0.15) is 5.82 Å². The molecule has 0 fully saturated rings. The van der Waals surface area contributed by atoms with Gasteiger partial charge in [-0.3, -0.25) is 0 Å². The van der Waals surface area contributed by atoms with E-state index in [9.17, 15) is 13.2 Å². The Labute approximate surface area is 96.7 Å². The normalized spacial score (nSPS) is 10.6. The molecular weight excluding hydrogens is 227 g/mol. The fourth-order valence-electron chi connectivity index (χ4n) is 1.63. The molecule has 0 unspecified atom stereocenters. The van der Waals surface area contributed by atoms with Gasteiger partial charge in [-0.15, -0.1) is 0 Å². The maximum absolute atomic E-state index is 13.5. The van der Waals surface area contributed by atoms with Crippen molar-refractivity contribution < 1.29 is 13.2 Å².